The number of rotatable bonds is 3. The Morgan fingerprint density at radius 3 is 2.43 bits per heavy atom. The summed E-state index contributed by atoms with van der Waals surface area (Å²) in [5.74, 6) is 1.99. The Balaban J connectivity index is 1.61. The number of aromatic amines is 1. The van der Waals surface area contributed by atoms with Gasteiger partial charge in [-0.3, -0.25) is 9.89 Å². The van der Waals surface area contributed by atoms with E-state index in [0.29, 0.717) is 11.8 Å². The van der Waals surface area contributed by atoms with Crippen LogP contribution in [0, 0.1) is 0 Å². The first-order chi connectivity index (χ1) is 11.0. The molecule has 1 fully saturated rings. The third kappa shape index (κ3) is 3.36. The van der Waals surface area contributed by atoms with Crippen LogP contribution in [-0.4, -0.2) is 39.1 Å². The minimum Gasteiger partial charge on any atom is -0.367 e. The summed E-state index contributed by atoms with van der Waals surface area (Å²) >= 11 is 0. The van der Waals surface area contributed by atoms with E-state index in [1.165, 1.54) is 5.56 Å². The monoisotopic (exact) mass is 313 g/mol. The highest BCUT2D eigenvalue weighted by atomic mass is 16.2. The van der Waals surface area contributed by atoms with Crippen LogP contribution in [0.5, 0.6) is 0 Å². The maximum Gasteiger partial charge on any atom is 0.253 e. The van der Waals surface area contributed by atoms with E-state index >= 15 is 0 Å². The number of likely N-dealkylation sites (tertiary alicyclic amines) is 1. The standard InChI is InChI=1S/C17H23N5O/c1-11(2)12-3-5-14(6-4-12)16(23)22-9-7-13(8-10-22)15-19-17(18)21-20-15/h3-6,11,13H,7-10H2,1-2H3,(H3,18,19,20,21). The Labute approximate surface area is 136 Å². The van der Waals surface area contributed by atoms with Crippen LogP contribution < -0.4 is 5.73 Å². The average molecular weight is 313 g/mol. The third-order valence-electron chi connectivity index (χ3n) is 4.51. The predicted octanol–water partition coefficient (Wildman–Crippen LogP) is 2.53. The fourth-order valence-corrected chi connectivity index (χ4v) is 3.02. The van der Waals surface area contributed by atoms with Gasteiger partial charge in [0.2, 0.25) is 5.95 Å². The molecular weight excluding hydrogens is 290 g/mol. The number of amides is 1. The van der Waals surface area contributed by atoms with Gasteiger partial charge < -0.3 is 10.6 Å². The minimum absolute atomic E-state index is 0.107. The molecule has 0 aliphatic carbocycles. The first kappa shape index (κ1) is 15.5. The molecule has 0 bridgehead atoms. The highest BCUT2D eigenvalue weighted by molar-refractivity contribution is 5.94. The maximum absolute atomic E-state index is 12.6. The van der Waals surface area contributed by atoms with Gasteiger partial charge in [0.1, 0.15) is 5.82 Å². The van der Waals surface area contributed by atoms with Crippen molar-refractivity contribution in [1.29, 1.82) is 0 Å². The SMILES string of the molecule is CC(C)c1ccc(C(=O)N2CCC(c3nc(N)n[nH]3)CC2)cc1. The van der Waals surface area contributed by atoms with Crippen molar-refractivity contribution in [3.63, 3.8) is 0 Å². The lowest BCUT2D eigenvalue weighted by Crippen LogP contribution is -2.38. The van der Waals surface area contributed by atoms with Crippen LogP contribution in [0.15, 0.2) is 24.3 Å². The summed E-state index contributed by atoms with van der Waals surface area (Å²) in [5.41, 5.74) is 7.57. The first-order valence-electron chi connectivity index (χ1n) is 8.11. The molecule has 1 aliphatic heterocycles. The topological polar surface area (TPSA) is 87.9 Å². The summed E-state index contributed by atoms with van der Waals surface area (Å²) in [5, 5.41) is 6.76. The number of anilines is 1. The van der Waals surface area contributed by atoms with Gasteiger partial charge in [0.15, 0.2) is 0 Å². The number of hydrogen-bond acceptors (Lipinski definition) is 4. The number of nitrogen functional groups attached to an aromatic ring is 1. The molecule has 6 nitrogen and oxygen atoms in total. The summed E-state index contributed by atoms with van der Waals surface area (Å²) in [4.78, 5) is 18.7. The Bertz CT molecular complexity index is 669. The lowest BCUT2D eigenvalue weighted by Gasteiger charge is -2.31. The summed E-state index contributed by atoms with van der Waals surface area (Å²) in [6.07, 6.45) is 1.76. The Hall–Kier alpha value is -2.37. The van der Waals surface area contributed by atoms with Crippen LogP contribution in [0.2, 0.25) is 0 Å². The molecule has 1 aromatic carbocycles. The zero-order valence-electron chi connectivity index (χ0n) is 13.6. The van der Waals surface area contributed by atoms with E-state index in [4.69, 9.17) is 5.73 Å². The number of hydrogen-bond donors (Lipinski definition) is 2. The Morgan fingerprint density at radius 2 is 1.91 bits per heavy atom. The number of H-pyrrole nitrogens is 1. The van der Waals surface area contributed by atoms with Crippen molar-refractivity contribution in [3.05, 3.63) is 41.2 Å². The molecule has 23 heavy (non-hydrogen) atoms. The summed E-state index contributed by atoms with van der Waals surface area (Å²) in [6, 6.07) is 7.95. The fraction of sp³-hybridized carbons (Fsp3) is 0.471. The van der Waals surface area contributed by atoms with Crippen molar-refractivity contribution in [2.75, 3.05) is 18.8 Å². The highest BCUT2D eigenvalue weighted by Crippen LogP contribution is 2.26. The zero-order chi connectivity index (χ0) is 16.4. The molecule has 0 unspecified atom stereocenters. The van der Waals surface area contributed by atoms with Crippen molar-refractivity contribution < 1.29 is 4.79 Å². The molecule has 0 spiro atoms. The van der Waals surface area contributed by atoms with Crippen molar-refractivity contribution in [2.24, 2.45) is 0 Å². The van der Waals surface area contributed by atoms with Crippen LogP contribution in [0.3, 0.4) is 0 Å². The number of benzene rings is 1. The molecule has 0 atom stereocenters. The first-order valence-corrected chi connectivity index (χ1v) is 8.11. The lowest BCUT2D eigenvalue weighted by atomic mass is 9.95. The van der Waals surface area contributed by atoms with Gasteiger partial charge in [-0.15, -0.1) is 5.10 Å². The quantitative estimate of drug-likeness (QED) is 0.911. The van der Waals surface area contributed by atoms with E-state index in [0.717, 1.165) is 37.3 Å². The van der Waals surface area contributed by atoms with Gasteiger partial charge in [0.05, 0.1) is 0 Å². The third-order valence-corrected chi connectivity index (χ3v) is 4.51. The van der Waals surface area contributed by atoms with E-state index in [1.807, 2.05) is 29.2 Å². The second-order valence-corrected chi connectivity index (χ2v) is 6.42. The fourth-order valence-electron chi connectivity index (χ4n) is 3.02. The summed E-state index contributed by atoms with van der Waals surface area (Å²) in [7, 11) is 0. The predicted molar refractivity (Wildman–Crippen MR) is 89.2 cm³/mol. The Morgan fingerprint density at radius 1 is 1.26 bits per heavy atom. The molecule has 6 heteroatoms. The van der Waals surface area contributed by atoms with Crippen LogP contribution in [0.25, 0.3) is 0 Å². The lowest BCUT2D eigenvalue weighted by molar-refractivity contribution is 0.0711. The molecule has 1 saturated heterocycles. The van der Waals surface area contributed by atoms with Crippen molar-refractivity contribution in [2.45, 2.75) is 38.5 Å². The highest BCUT2D eigenvalue weighted by Gasteiger charge is 2.26. The molecule has 122 valence electrons. The van der Waals surface area contributed by atoms with Gasteiger partial charge in [-0.1, -0.05) is 26.0 Å². The molecule has 2 aromatic rings. The molecule has 1 aromatic heterocycles. The van der Waals surface area contributed by atoms with Crippen LogP contribution in [0.1, 0.15) is 60.3 Å². The molecule has 0 saturated carbocycles. The molecule has 2 heterocycles. The van der Waals surface area contributed by atoms with E-state index in [2.05, 4.69) is 29.0 Å². The number of carbonyl (C=O) groups is 1. The Kier molecular flexibility index (Phi) is 4.32. The zero-order valence-corrected chi connectivity index (χ0v) is 13.6. The van der Waals surface area contributed by atoms with Gasteiger partial charge >= 0.3 is 0 Å². The number of nitrogens with one attached hydrogen (secondary N) is 1. The van der Waals surface area contributed by atoms with Gasteiger partial charge in [0, 0.05) is 24.6 Å². The van der Waals surface area contributed by atoms with Gasteiger partial charge in [-0.05, 0) is 36.5 Å². The van der Waals surface area contributed by atoms with E-state index < -0.39 is 0 Å². The smallest absolute Gasteiger partial charge is 0.253 e. The largest absolute Gasteiger partial charge is 0.367 e. The number of aromatic nitrogens is 3. The molecular formula is C17H23N5O. The normalized spacial score (nSPS) is 16.0. The molecule has 0 radical (unpaired) electrons. The number of nitrogens with two attached hydrogens (primary N) is 1. The number of nitrogens with zero attached hydrogens (tertiary/aromatic N) is 3. The second-order valence-electron chi connectivity index (χ2n) is 6.42. The molecule has 3 rings (SSSR count). The van der Waals surface area contributed by atoms with E-state index in [-0.39, 0.29) is 11.9 Å². The number of carbonyl (C=O) groups excluding carboxylic acids is 1. The summed E-state index contributed by atoms with van der Waals surface area (Å²) < 4.78 is 0. The summed E-state index contributed by atoms with van der Waals surface area (Å²) in [6.45, 7) is 5.77. The van der Waals surface area contributed by atoms with Gasteiger partial charge in [0.25, 0.3) is 5.91 Å². The van der Waals surface area contributed by atoms with Crippen LogP contribution >= 0.6 is 0 Å². The van der Waals surface area contributed by atoms with Crippen molar-refractivity contribution >= 4 is 11.9 Å². The molecule has 1 amide bonds. The minimum atomic E-state index is 0.107. The van der Waals surface area contributed by atoms with Crippen LogP contribution in [-0.2, 0) is 0 Å². The van der Waals surface area contributed by atoms with Gasteiger partial charge in [-0.25, -0.2) is 0 Å². The van der Waals surface area contributed by atoms with Crippen LogP contribution in [0.4, 0.5) is 5.95 Å². The van der Waals surface area contributed by atoms with Crippen molar-refractivity contribution in [3.8, 4) is 0 Å². The van der Waals surface area contributed by atoms with Gasteiger partial charge in [-0.2, -0.15) is 4.98 Å². The molecule has 1 aliphatic rings. The average Bonchev–Trinajstić information content (AvgIpc) is 3.01. The van der Waals surface area contributed by atoms with Crippen molar-refractivity contribution in [1.82, 2.24) is 20.1 Å². The van der Waals surface area contributed by atoms with E-state index in [1.54, 1.807) is 0 Å². The number of piperidine rings is 1. The van der Waals surface area contributed by atoms with E-state index in [9.17, 15) is 4.79 Å². The maximum atomic E-state index is 12.6. The second kappa shape index (κ2) is 6.40. The molecule has 3 N–H and O–H groups in total.